The minimum absolute atomic E-state index is 0.334. The first kappa shape index (κ1) is 15.2. The van der Waals surface area contributed by atoms with Crippen molar-refractivity contribution in [3.8, 4) is 0 Å². The number of fused-ring (bicyclic) bond motifs is 1. The van der Waals surface area contributed by atoms with E-state index in [2.05, 4.69) is 28.9 Å². The molecule has 116 valence electrons. The number of pyridine rings is 1. The molecule has 3 rings (SSSR count). The Hall–Kier alpha value is -1.72. The zero-order chi connectivity index (χ0) is 15.7. The Kier molecular flexibility index (Phi) is 4.27. The lowest BCUT2D eigenvalue weighted by molar-refractivity contribution is 0.0695. The largest absolute Gasteiger partial charge is 0.478 e. The molecule has 2 aromatic rings. The fraction of sp³-hybridized carbons (Fsp3) is 0.412. The Bertz CT molecular complexity index is 709. The summed E-state index contributed by atoms with van der Waals surface area (Å²) < 4.78 is 0. The van der Waals surface area contributed by atoms with Gasteiger partial charge in [0, 0.05) is 41.5 Å². The van der Waals surface area contributed by atoms with Crippen LogP contribution in [0.1, 0.15) is 37.1 Å². The van der Waals surface area contributed by atoms with Crippen molar-refractivity contribution in [2.24, 2.45) is 0 Å². The van der Waals surface area contributed by atoms with Gasteiger partial charge in [-0.25, -0.2) is 4.79 Å². The van der Waals surface area contributed by atoms with Gasteiger partial charge in [-0.3, -0.25) is 9.88 Å². The molecule has 0 amide bonds. The van der Waals surface area contributed by atoms with Gasteiger partial charge in [0.1, 0.15) is 0 Å². The minimum Gasteiger partial charge on any atom is -0.478 e. The predicted octanol–water partition coefficient (Wildman–Crippen LogP) is 3.06. The average molecular weight is 316 g/mol. The van der Waals surface area contributed by atoms with E-state index in [9.17, 15) is 9.90 Å². The van der Waals surface area contributed by atoms with Gasteiger partial charge in [-0.1, -0.05) is 0 Å². The highest BCUT2D eigenvalue weighted by Gasteiger charge is 2.19. The second kappa shape index (κ2) is 6.18. The standard InChI is InChI=1S/C17H20N2O2S/c1-11-3-4-14(22-11)10-19-7-5-13-9-15(17(20)21)12(2)18-16(13)6-8-19/h3-4,9H,5-8,10H2,1-2H3,(H,20,21). The Labute approximate surface area is 134 Å². The van der Waals surface area contributed by atoms with Crippen LogP contribution < -0.4 is 0 Å². The SMILES string of the molecule is Cc1ccc(CN2CCc3cc(C(=O)O)c(C)nc3CC2)s1. The molecule has 0 aromatic carbocycles. The summed E-state index contributed by atoms with van der Waals surface area (Å²) in [6.45, 7) is 6.81. The van der Waals surface area contributed by atoms with E-state index in [-0.39, 0.29) is 0 Å². The molecule has 0 fully saturated rings. The van der Waals surface area contributed by atoms with Crippen molar-refractivity contribution in [1.29, 1.82) is 0 Å². The van der Waals surface area contributed by atoms with Gasteiger partial charge in [0.05, 0.1) is 11.3 Å². The van der Waals surface area contributed by atoms with Crippen molar-refractivity contribution in [1.82, 2.24) is 9.88 Å². The molecule has 0 spiro atoms. The maximum atomic E-state index is 11.3. The van der Waals surface area contributed by atoms with E-state index in [1.54, 1.807) is 6.92 Å². The zero-order valence-electron chi connectivity index (χ0n) is 12.9. The van der Waals surface area contributed by atoms with E-state index in [0.717, 1.165) is 43.7 Å². The minimum atomic E-state index is -0.886. The molecular weight excluding hydrogens is 296 g/mol. The summed E-state index contributed by atoms with van der Waals surface area (Å²) in [5.74, 6) is -0.886. The second-order valence-corrected chi connectivity index (χ2v) is 7.19. The smallest absolute Gasteiger partial charge is 0.337 e. The molecule has 0 atom stereocenters. The van der Waals surface area contributed by atoms with Gasteiger partial charge in [-0.2, -0.15) is 0 Å². The molecule has 0 saturated heterocycles. The Morgan fingerprint density at radius 2 is 2.09 bits per heavy atom. The molecule has 0 radical (unpaired) electrons. The molecule has 1 aliphatic heterocycles. The summed E-state index contributed by atoms with van der Waals surface area (Å²) in [5, 5.41) is 9.24. The molecule has 0 unspecified atom stereocenters. The van der Waals surface area contributed by atoms with Crippen LogP contribution in [0, 0.1) is 13.8 Å². The van der Waals surface area contributed by atoms with Crippen LogP contribution in [0.3, 0.4) is 0 Å². The van der Waals surface area contributed by atoms with E-state index in [1.807, 2.05) is 17.4 Å². The lowest BCUT2D eigenvalue weighted by atomic mass is 10.0. The first-order valence-electron chi connectivity index (χ1n) is 7.53. The maximum absolute atomic E-state index is 11.3. The Morgan fingerprint density at radius 1 is 1.32 bits per heavy atom. The average Bonchev–Trinajstić information content (AvgIpc) is 2.77. The van der Waals surface area contributed by atoms with Crippen LogP contribution in [-0.2, 0) is 19.4 Å². The normalized spacial score (nSPS) is 15.4. The highest BCUT2D eigenvalue weighted by Crippen LogP contribution is 2.21. The monoisotopic (exact) mass is 316 g/mol. The molecule has 0 aliphatic carbocycles. The molecule has 3 heterocycles. The highest BCUT2D eigenvalue weighted by atomic mass is 32.1. The Balaban J connectivity index is 1.76. The summed E-state index contributed by atoms with van der Waals surface area (Å²) in [6, 6.07) is 6.18. The molecule has 0 saturated carbocycles. The lowest BCUT2D eigenvalue weighted by Crippen LogP contribution is -2.25. The fourth-order valence-corrected chi connectivity index (χ4v) is 3.88. The van der Waals surface area contributed by atoms with Crippen molar-refractivity contribution in [3.05, 3.63) is 50.5 Å². The van der Waals surface area contributed by atoms with Gasteiger partial charge >= 0.3 is 5.97 Å². The quantitative estimate of drug-likeness (QED) is 0.945. The van der Waals surface area contributed by atoms with E-state index in [1.165, 1.54) is 9.75 Å². The fourth-order valence-electron chi connectivity index (χ4n) is 2.95. The number of hydrogen-bond donors (Lipinski definition) is 1. The van der Waals surface area contributed by atoms with Crippen molar-refractivity contribution in [3.63, 3.8) is 0 Å². The van der Waals surface area contributed by atoms with Gasteiger partial charge in [-0.05, 0) is 44.0 Å². The predicted molar refractivity (Wildman–Crippen MR) is 87.7 cm³/mol. The number of carboxylic acid groups (broad SMARTS) is 1. The maximum Gasteiger partial charge on any atom is 0.337 e. The molecule has 5 heteroatoms. The number of carbonyl (C=O) groups is 1. The molecule has 22 heavy (non-hydrogen) atoms. The van der Waals surface area contributed by atoms with Gasteiger partial charge in [-0.15, -0.1) is 11.3 Å². The van der Waals surface area contributed by atoms with Crippen molar-refractivity contribution < 1.29 is 9.90 Å². The highest BCUT2D eigenvalue weighted by molar-refractivity contribution is 7.11. The van der Waals surface area contributed by atoms with Crippen LogP contribution in [0.25, 0.3) is 0 Å². The van der Waals surface area contributed by atoms with Crippen LogP contribution in [0.2, 0.25) is 0 Å². The first-order chi connectivity index (χ1) is 10.5. The number of aromatic carboxylic acids is 1. The van der Waals surface area contributed by atoms with Gasteiger partial charge < -0.3 is 5.11 Å². The van der Waals surface area contributed by atoms with E-state index in [0.29, 0.717) is 11.3 Å². The third-order valence-corrected chi connectivity index (χ3v) is 5.14. The molecule has 1 aliphatic rings. The van der Waals surface area contributed by atoms with E-state index >= 15 is 0 Å². The van der Waals surface area contributed by atoms with Crippen LogP contribution in [-0.4, -0.2) is 34.0 Å². The third-order valence-electron chi connectivity index (χ3n) is 4.15. The molecular formula is C17H20N2O2S. The number of aromatic nitrogens is 1. The second-order valence-electron chi connectivity index (χ2n) is 5.82. The number of thiophene rings is 1. The first-order valence-corrected chi connectivity index (χ1v) is 8.35. The molecule has 4 nitrogen and oxygen atoms in total. The Morgan fingerprint density at radius 3 is 2.77 bits per heavy atom. The zero-order valence-corrected chi connectivity index (χ0v) is 13.7. The summed E-state index contributed by atoms with van der Waals surface area (Å²) in [4.78, 5) is 21.0. The van der Waals surface area contributed by atoms with Crippen molar-refractivity contribution >= 4 is 17.3 Å². The summed E-state index contributed by atoms with van der Waals surface area (Å²) in [5.41, 5.74) is 3.11. The lowest BCUT2D eigenvalue weighted by Gasteiger charge is -2.18. The van der Waals surface area contributed by atoms with Crippen LogP contribution >= 0.6 is 11.3 Å². The van der Waals surface area contributed by atoms with Crippen LogP contribution in [0.5, 0.6) is 0 Å². The van der Waals surface area contributed by atoms with E-state index in [4.69, 9.17) is 0 Å². The van der Waals surface area contributed by atoms with Gasteiger partial charge in [0.25, 0.3) is 0 Å². The molecule has 2 aromatic heterocycles. The molecule has 0 bridgehead atoms. The number of nitrogens with zero attached hydrogens (tertiary/aromatic N) is 2. The molecule has 1 N–H and O–H groups in total. The third kappa shape index (κ3) is 3.20. The topological polar surface area (TPSA) is 53.4 Å². The number of aryl methyl sites for hydroxylation is 2. The van der Waals surface area contributed by atoms with Gasteiger partial charge in [0.2, 0.25) is 0 Å². The van der Waals surface area contributed by atoms with Crippen molar-refractivity contribution in [2.45, 2.75) is 33.2 Å². The summed E-state index contributed by atoms with van der Waals surface area (Å²) in [6.07, 6.45) is 1.76. The van der Waals surface area contributed by atoms with Crippen LogP contribution in [0.4, 0.5) is 0 Å². The van der Waals surface area contributed by atoms with Crippen molar-refractivity contribution in [2.75, 3.05) is 13.1 Å². The van der Waals surface area contributed by atoms with Gasteiger partial charge in [0.15, 0.2) is 0 Å². The van der Waals surface area contributed by atoms with E-state index < -0.39 is 5.97 Å². The number of carboxylic acids is 1. The van der Waals surface area contributed by atoms with Crippen LogP contribution in [0.15, 0.2) is 18.2 Å². The summed E-state index contributed by atoms with van der Waals surface area (Å²) >= 11 is 1.85. The summed E-state index contributed by atoms with van der Waals surface area (Å²) in [7, 11) is 0. The number of rotatable bonds is 3. The number of hydrogen-bond acceptors (Lipinski definition) is 4.